The Labute approximate surface area is 252 Å². The molecule has 0 atom stereocenters. The van der Waals surface area contributed by atoms with Gasteiger partial charge in [0.2, 0.25) is 0 Å². The molecule has 8 nitrogen and oxygen atoms in total. The van der Waals surface area contributed by atoms with Gasteiger partial charge < -0.3 is 14.4 Å². The van der Waals surface area contributed by atoms with Crippen LogP contribution in [0.3, 0.4) is 0 Å². The first-order valence-corrected chi connectivity index (χ1v) is 11.7. The topological polar surface area (TPSA) is 96.9 Å². The van der Waals surface area contributed by atoms with Crippen LogP contribution >= 0.6 is 11.6 Å². The van der Waals surface area contributed by atoms with E-state index < -0.39 is 0 Å². The Morgan fingerprint density at radius 2 is 1.83 bits per heavy atom. The summed E-state index contributed by atoms with van der Waals surface area (Å²) in [5.41, 5.74) is 4.73. The number of benzene rings is 2. The van der Waals surface area contributed by atoms with Crippen molar-refractivity contribution < 1.29 is 60.9 Å². The second-order valence-corrected chi connectivity index (χ2v) is 8.27. The summed E-state index contributed by atoms with van der Waals surface area (Å²) in [7, 11) is 0. The number of carbonyl (C=O) groups is 1. The summed E-state index contributed by atoms with van der Waals surface area (Å²) in [6.45, 7) is 4.60. The Balaban J connectivity index is 0.00000342. The number of unbranched alkanes of at least 4 members (excludes halogenated alkanes) is 1. The maximum Gasteiger partial charge on any atom is 1.00 e. The molecule has 0 N–H and O–H groups in total. The first kappa shape index (κ1) is 27.7. The van der Waals surface area contributed by atoms with Gasteiger partial charge in [-0.2, -0.15) is 5.21 Å². The monoisotopic (exact) mass is 516 g/mol. The average molecular weight is 517 g/mol. The van der Waals surface area contributed by atoms with Crippen LogP contribution in [0.5, 0.6) is 0 Å². The van der Waals surface area contributed by atoms with E-state index in [0.29, 0.717) is 23.9 Å². The summed E-state index contributed by atoms with van der Waals surface area (Å²) in [5, 5.41) is 15.6. The van der Waals surface area contributed by atoms with Crippen LogP contribution in [0.1, 0.15) is 50.2 Å². The van der Waals surface area contributed by atoms with Crippen molar-refractivity contribution in [1.29, 1.82) is 0 Å². The Hall–Kier alpha value is -1.88. The van der Waals surface area contributed by atoms with Crippen LogP contribution in [-0.2, 0) is 29.1 Å². The minimum absolute atomic E-state index is 0. The number of hydrogen-bond donors (Lipinski definition) is 0. The largest absolute Gasteiger partial charge is 1.00 e. The summed E-state index contributed by atoms with van der Waals surface area (Å²) in [6, 6.07) is 16.2. The average Bonchev–Trinajstić information content (AvgIpc) is 3.50. The third-order valence-electron chi connectivity index (χ3n) is 5.61. The Morgan fingerprint density at radius 3 is 2.49 bits per heavy atom. The Bertz CT molecular complexity index is 1240. The number of aryl methyl sites for hydroxylation is 1. The Morgan fingerprint density at radius 1 is 1.09 bits per heavy atom. The molecule has 0 aliphatic heterocycles. The van der Waals surface area contributed by atoms with E-state index in [0.717, 1.165) is 53.0 Å². The van der Waals surface area contributed by atoms with Crippen molar-refractivity contribution in [1.82, 2.24) is 30.2 Å². The fourth-order valence-corrected chi connectivity index (χ4v) is 4.01. The van der Waals surface area contributed by atoms with Crippen molar-refractivity contribution in [3.63, 3.8) is 0 Å². The molecule has 4 rings (SSSR count). The zero-order valence-electron chi connectivity index (χ0n) is 20.2. The number of esters is 1. The molecule has 0 aliphatic rings. The van der Waals surface area contributed by atoms with Gasteiger partial charge in [0, 0.05) is 25.2 Å². The first-order valence-electron chi connectivity index (χ1n) is 11.4. The standard InChI is InChI=1S/C25H26ClN6O2.K/c1-3-5-10-22-27-24(26)21(16-34-23(33)4-2)32(22)15-17-11-13-18(14-12-17)19-8-6-7-9-20(19)25-28-30-31-29-25;/h6-9,11-14H,3-5,10,15-16H2,1-2H3;/q-1;+1. The molecule has 0 aliphatic carbocycles. The van der Waals surface area contributed by atoms with Crippen LogP contribution in [0.2, 0.25) is 5.15 Å². The molecule has 4 aromatic rings. The minimum atomic E-state index is -0.263. The van der Waals surface area contributed by atoms with Crippen molar-refractivity contribution in [2.75, 3.05) is 0 Å². The van der Waals surface area contributed by atoms with Crippen LogP contribution in [0, 0.1) is 0 Å². The number of aromatic nitrogens is 6. The second kappa shape index (κ2) is 13.4. The molecule has 0 spiro atoms. The number of imidazole rings is 1. The number of carbonyl (C=O) groups excluding carboxylic acids is 1. The molecule has 0 saturated carbocycles. The van der Waals surface area contributed by atoms with Crippen LogP contribution in [0.25, 0.3) is 22.5 Å². The molecule has 0 unspecified atom stereocenters. The quantitative estimate of drug-likeness (QED) is 0.234. The van der Waals surface area contributed by atoms with Gasteiger partial charge in [0.1, 0.15) is 12.4 Å². The normalized spacial score (nSPS) is 10.7. The molecule has 176 valence electrons. The van der Waals surface area contributed by atoms with Gasteiger partial charge in [-0.25, -0.2) is 4.98 Å². The van der Waals surface area contributed by atoms with Gasteiger partial charge in [-0.05, 0) is 28.7 Å². The van der Waals surface area contributed by atoms with Crippen molar-refractivity contribution in [3.05, 3.63) is 70.8 Å². The van der Waals surface area contributed by atoms with Crippen molar-refractivity contribution in [2.24, 2.45) is 0 Å². The van der Waals surface area contributed by atoms with Gasteiger partial charge in [-0.1, -0.05) is 80.4 Å². The van der Waals surface area contributed by atoms with E-state index in [2.05, 4.69) is 61.4 Å². The van der Waals surface area contributed by atoms with Gasteiger partial charge in [0.25, 0.3) is 0 Å². The molecule has 0 amide bonds. The van der Waals surface area contributed by atoms with Gasteiger partial charge >= 0.3 is 57.4 Å². The van der Waals surface area contributed by atoms with Crippen molar-refractivity contribution in [3.8, 4) is 22.5 Å². The van der Waals surface area contributed by atoms with Gasteiger partial charge in [0.05, 0.1) is 5.69 Å². The predicted molar refractivity (Wildman–Crippen MR) is 129 cm³/mol. The summed E-state index contributed by atoms with van der Waals surface area (Å²) in [5.74, 6) is 1.14. The SMILES string of the molecule is CCCCc1nc(Cl)c(COC(=O)CC)n1Cc1ccc(-c2ccccc2-c2nnn[n-]2)cc1.[K+]. The molecular formula is C25H26ClKN6O2. The molecule has 2 heterocycles. The summed E-state index contributed by atoms with van der Waals surface area (Å²) < 4.78 is 7.44. The molecule has 35 heavy (non-hydrogen) atoms. The van der Waals surface area contributed by atoms with E-state index in [1.807, 2.05) is 24.3 Å². The zero-order valence-corrected chi connectivity index (χ0v) is 24.1. The van der Waals surface area contributed by atoms with Gasteiger partial charge in [0.15, 0.2) is 5.15 Å². The molecular weight excluding hydrogens is 491 g/mol. The zero-order chi connectivity index (χ0) is 23.9. The van der Waals surface area contributed by atoms with Crippen LogP contribution < -0.4 is 56.5 Å². The third kappa shape index (κ3) is 6.87. The molecule has 0 bridgehead atoms. The third-order valence-corrected chi connectivity index (χ3v) is 5.91. The molecule has 2 aromatic carbocycles. The van der Waals surface area contributed by atoms with Gasteiger partial charge in [-0.3, -0.25) is 15.1 Å². The van der Waals surface area contributed by atoms with Crippen LogP contribution in [0.4, 0.5) is 0 Å². The predicted octanol–water partition coefficient (Wildman–Crippen LogP) is 1.86. The minimum Gasteiger partial charge on any atom is -0.459 e. The van der Waals surface area contributed by atoms with Crippen LogP contribution in [-0.4, -0.2) is 31.0 Å². The number of halogens is 1. The van der Waals surface area contributed by atoms with E-state index >= 15 is 0 Å². The van der Waals surface area contributed by atoms with E-state index in [-0.39, 0.29) is 64.0 Å². The molecule has 0 fully saturated rings. The second-order valence-electron chi connectivity index (χ2n) is 7.91. The fraction of sp³-hybridized carbons (Fsp3) is 0.320. The van der Waals surface area contributed by atoms with Gasteiger partial charge in [-0.15, -0.1) is 0 Å². The summed E-state index contributed by atoms with van der Waals surface area (Å²) in [6.07, 6.45) is 3.19. The van der Waals surface area contributed by atoms with E-state index in [1.54, 1.807) is 6.92 Å². The smallest absolute Gasteiger partial charge is 0.459 e. The molecule has 0 radical (unpaired) electrons. The first-order chi connectivity index (χ1) is 16.6. The van der Waals surface area contributed by atoms with Crippen molar-refractivity contribution in [2.45, 2.75) is 52.7 Å². The molecule has 10 heteroatoms. The number of tetrazole rings is 1. The number of ether oxygens (including phenoxy) is 1. The Kier molecular flexibility index (Phi) is 10.6. The number of rotatable bonds is 10. The van der Waals surface area contributed by atoms with E-state index in [4.69, 9.17) is 16.3 Å². The number of hydrogen-bond acceptors (Lipinski definition) is 6. The molecule has 0 saturated heterocycles. The molecule has 2 aromatic heterocycles. The fourth-order valence-electron chi connectivity index (χ4n) is 3.76. The maximum atomic E-state index is 11.7. The van der Waals surface area contributed by atoms with Crippen LogP contribution in [0.15, 0.2) is 48.5 Å². The number of nitrogens with zero attached hydrogens (tertiary/aromatic N) is 6. The maximum absolute atomic E-state index is 11.7. The van der Waals surface area contributed by atoms with Crippen molar-refractivity contribution >= 4 is 17.6 Å². The summed E-state index contributed by atoms with van der Waals surface area (Å²) in [4.78, 5) is 16.3. The summed E-state index contributed by atoms with van der Waals surface area (Å²) >= 11 is 6.45. The van der Waals surface area contributed by atoms with E-state index in [9.17, 15) is 4.79 Å². The van der Waals surface area contributed by atoms with E-state index in [1.165, 1.54) is 0 Å².